The van der Waals surface area contributed by atoms with Crippen LogP contribution in [0, 0.1) is 0 Å². The van der Waals surface area contributed by atoms with E-state index < -0.39 is 0 Å². The summed E-state index contributed by atoms with van der Waals surface area (Å²) in [5.74, 6) is 0.733. The van der Waals surface area contributed by atoms with Gasteiger partial charge in [-0.15, -0.1) is 0 Å². The Morgan fingerprint density at radius 3 is 2.25 bits per heavy atom. The molecule has 24 heavy (non-hydrogen) atoms. The van der Waals surface area contributed by atoms with Crippen molar-refractivity contribution in [2.24, 2.45) is 0 Å². The summed E-state index contributed by atoms with van der Waals surface area (Å²) < 4.78 is 11.0. The smallest absolute Gasteiger partial charge is 0.233 e. The lowest BCUT2D eigenvalue weighted by Crippen LogP contribution is -2.15. The number of allylic oxidation sites excluding steroid dienone is 1. The van der Waals surface area contributed by atoms with Crippen LogP contribution < -0.4 is 9.47 Å². The van der Waals surface area contributed by atoms with Crippen molar-refractivity contribution in [3.63, 3.8) is 0 Å². The maximum Gasteiger partial charge on any atom is 0.233 e. The quantitative estimate of drug-likeness (QED) is 0.423. The minimum atomic E-state index is -0.335. The Morgan fingerprint density at radius 1 is 1.04 bits per heavy atom. The molecular formula is C18H17Cl2NO3. The van der Waals surface area contributed by atoms with Crippen LogP contribution in [0.1, 0.15) is 10.4 Å². The fourth-order valence-electron chi connectivity index (χ4n) is 1.99. The third-order valence-electron chi connectivity index (χ3n) is 3.05. The van der Waals surface area contributed by atoms with Crippen LogP contribution in [0.3, 0.4) is 0 Å². The highest BCUT2D eigenvalue weighted by Gasteiger charge is 2.20. The number of ketones is 1. The number of carbonyl (C=O) groups is 1. The van der Waals surface area contributed by atoms with Crippen molar-refractivity contribution < 1.29 is 14.3 Å². The molecule has 4 nitrogen and oxygen atoms in total. The Balaban J connectivity index is 2.39. The van der Waals surface area contributed by atoms with Crippen molar-refractivity contribution >= 4 is 29.0 Å². The Hall–Kier alpha value is -2.17. The summed E-state index contributed by atoms with van der Waals surface area (Å²) >= 11 is 11.9. The molecule has 0 aliphatic rings. The summed E-state index contributed by atoms with van der Waals surface area (Å²) in [4.78, 5) is 14.6. The van der Waals surface area contributed by atoms with Crippen LogP contribution in [0.15, 0.2) is 54.4 Å². The summed E-state index contributed by atoms with van der Waals surface area (Å²) in [6.07, 6.45) is 1.59. The number of hydrogen-bond acceptors (Lipinski definition) is 4. The number of nitrogens with zero attached hydrogens (tertiary/aromatic N) is 1. The molecule has 0 saturated heterocycles. The van der Waals surface area contributed by atoms with Gasteiger partial charge >= 0.3 is 0 Å². The van der Waals surface area contributed by atoms with E-state index in [1.165, 1.54) is 7.11 Å². The van der Waals surface area contributed by atoms with Gasteiger partial charge in [0.15, 0.2) is 5.76 Å². The average Bonchev–Trinajstić information content (AvgIpc) is 2.55. The normalized spacial score (nSPS) is 11.1. The molecule has 0 radical (unpaired) electrons. The number of ether oxygens (including phenoxy) is 2. The Bertz CT molecular complexity index is 755. The Kier molecular flexibility index (Phi) is 6.12. The fourth-order valence-corrected chi connectivity index (χ4v) is 2.28. The van der Waals surface area contributed by atoms with E-state index in [9.17, 15) is 4.79 Å². The summed E-state index contributed by atoms with van der Waals surface area (Å²) in [7, 11) is 5.09. The third kappa shape index (κ3) is 4.66. The van der Waals surface area contributed by atoms with Crippen LogP contribution in [-0.2, 0) is 0 Å². The lowest BCUT2D eigenvalue weighted by Gasteiger charge is -2.14. The zero-order chi connectivity index (χ0) is 17.7. The molecule has 6 heteroatoms. The third-order valence-corrected chi connectivity index (χ3v) is 3.53. The molecule has 0 aliphatic heterocycles. The van der Waals surface area contributed by atoms with Crippen molar-refractivity contribution in [1.29, 1.82) is 0 Å². The minimum Gasteiger partial charge on any atom is -0.496 e. The molecule has 0 amide bonds. The predicted octanol–water partition coefficient (Wildman–Crippen LogP) is 4.67. The van der Waals surface area contributed by atoms with E-state index in [-0.39, 0.29) is 11.5 Å². The molecule has 2 aromatic carbocycles. The summed E-state index contributed by atoms with van der Waals surface area (Å²) in [5, 5.41) is 1.03. The number of halogens is 2. The SMILES string of the molecule is COc1ccc(Cl)cc1C(=O)/C(=C\N(C)C)Oc1ccc(Cl)cc1. The highest BCUT2D eigenvalue weighted by Crippen LogP contribution is 2.27. The monoisotopic (exact) mass is 365 g/mol. The van der Waals surface area contributed by atoms with Crippen molar-refractivity contribution in [2.75, 3.05) is 21.2 Å². The van der Waals surface area contributed by atoms with Crippen LogP contribution >= 0.6 is 23.2 Å². The lowest BCUT2D eigenvalue weighted by molar-refractivity contribution is 0.0979. The Morgan fingerprint density at radius 2 is 1.67 bits per heavy atom. The van der Waals surface area contributed by atoms with E-state index in [2.05, 4.69) is 0 Å². The van der Waals surface area contributed by atoms with Crippen molar-refractivity contribution in [2.45, 2.75) is 0 Å². The van der Waals surface area contributed by atoms with E-state index in [0.717, 1.165) is 0 Å². The minimum absolute atomic E-state index is 0.142. The maximum atomic E-state index is 12.9. The van der Waals surface area contributed by atoms with Gasteiger partial charge < -0.3 is 14.4 Å². The molecule has 0 atom stereocenters. The maximum absolute atomic E-state index is 12.9. The number of benzene rings is 2. The molecule has 2 rings (SSSR count). The predicted molar refractivity (Wildman–Crippen MR) is 96.2 cm³/mol. The molecule has 126 valence electrons. The average molecular weight is 366 g/mol. The van der Waals surface area contributed by atoms with Crippen LogP contribution in [0.4, 0.5) is 0 Å². The molecular weight excluding hydrogens is 349 g/mol. The summed E-state index contributed by atoms with van der Waals surface area (Å²) in [5.41, 5.74) is 0.326. The summed E-state index contributed by atoms with van der Waals surface area (Å²) in [6, 6.07) is 11.6. The van der Waals surface area contributed by atoms with Gasteiger partial charge in [-0.25, -0.2) is 0 Å². The molecule has 0 saturated carbocycles. The van der Waals surface area contributed by atoms with E-state index >= 15 is 0 Å². The summed E-state index contributed by atoms with van der Waals surface area (Å²) in [6.45, 7) is 0. The zero-order valence-corrected chi connectivity index (χ0v) is 15.1. The van der Waals surface area contributed by atoms with Gasteiger partial charge in [-0.2, -0.15) is 0 Å². The van der Waals surface area contributed by atoms with Gasteiger partial charge in [0, 0.05) is 30.3 Å². The first kappa shape index (κ1) is 18.2. The van der Waals surface area contributed by atoms with Crippen LogP contribution in [0.5, 0.6) is 11.5 Å². The van der Waals surface area contributed by atoms with Gasteiger partial charge in [-0.3, -0.25) is 4.79 Å². The van der Waals surface area contributed by atoms with Gasteiger partial charge in [-0.05, 0) is 42.5 Å². The highest BCUT2D eigenvalue weighted by atomic mass is 35.5. The Labute approximate surface area is 151 Å². The number of carbonyl (C=O) groups excluding carboxylic acids is 1. The van der Waals surface area contributed by atoms with Crippen molar-refractivity contribution in [1.82, 2.24) is 4.90 Å². The first-order valence-electron chi connectivity index (χ1n) is 7.10. The number of hydrogen-bond donors (Lipinski definition) is 0. The molecule has 0 aliphatic carbocycles. The topological polar surface area (TPSA) is 38.8 Å². The molecule has 0 bridgehead atoms. The second-order valence-corrected chi connectivity index (χ2v) is 6.06. The second kappa shape index (κ2) is 8.08. The van der Waals surface area contributed by atoms with Crippen molar-refractivity contribution in [3.05, 3.63) is 70.0 Å². The van der Waals surface area contributed by atoms with Crippen molar-refractivity contribution in [3.8, 4) is 11.5 Å². The second-order valence-electron chi connectivity index (χ2n) is 5.19. The van der Waals surface area contributed by atoms with Gasteiger partial charge in [0.2, 0.25) is 5.78 Å². The molecule has 0 unspecified atom stereocenters. The first-order valence-corrected chi connectivity index (χ1v) is 7.86. The molecule has 0 aromatic heterocycles. The molecule has 0 heterocycles. The lowest BCUT2D eigenvalue weighted by atomic mass is 10.1. The molecule has 2 aromatic rings. The zero-order valence-electron chi connectivity index (χ0n) is 13.5. The highest BCUT2D eigenvalue weighted by molar-refractivity contribution is 6.31. The number of rotatable bonds is 6. The first-order chi connectivity index (χ1) is 11.4. The van der Waals surface area contributed by atoms with E-state index in [4.69, 9.17) is 32.7 Å². The van der Waals surface area contributed by atoms with Gasteiger partial charge in [0.25, 0.3) is 0 Å². The van der Waals surface area contributed by atoms with Gasteiger partial charge in [0.1, 0.15) is 11.5 Å². The molecule has 0 fully saturated rings. The largest absolute Gasteiger partial charge is 0.496 e. The van der Waals surface area contributed by atoms with E-state index in [1.54, 1.807) is 67.7 Å². The van der Waals surface area contributed by atoms with Gasteiger partial charge in [0.05, 0.1) is 12.7 Å². The van der Waals surface area contributed by atoms with Crippen LogP contribution in [-0.4, -0.2) is 31.9 Å². The van der Waals surface area contributed by atoms with Crippen LogP contribution in [0.25, 0.3) is 0 Å². The molecule has 0 spiro atoms. The van der Waals surface area contributed by atoms with Crippen LogP contribution in [0.2, 0.25) is 10.0 Å². The molecule has 0 N–H and O–H groups in total. The van der Waals surface area contributed by atoms with E-state index in [0.29, 0.717) is 27.1 Å². The van der Waals surface area contributed by atoms with E-state index in [1.807, 2.05) is 0 Å². The van der Waals surface area contributed by atoms with Gasteiger partial charge in [-0.1, -0.05) is 23.2 Å². The fraction of sp³-hybridized carbons (Fsp3) is 0.167. The number of methoxy groups -OCH3 is 1. The standard InChI is InChI=1S/C18H17Cl2NO3/c1-21(2)11-17(24-14-7-4-12(19)5-8-14)18(22)15-10-13(20)6-9-16(15)23-3/h4-11H,1-3H3/b17-11+. The number of Topliss-reactive ketones (excluding diaryl/α,β-unsaturated/α-hetero) is 1.